The highest BCUT2D eigenvalue weighted by Gasteiger charge is 2.20. The summed E-state index contributed by atoms with van der Waals surface area (Å²) in [5.74, 6) is -1.39. The van der Waals surface area contributed by atoms with Crippen molar-refractivity contribution in [3.63, 3.8) is 0 Å². The number of hydrogen-bond donors (Lipinski definition) is 1. The molecule has 1 amide bonds. The number of ether oxygens (including phenoxy) is 1. The Hall–Kier alpha value is -1.89. The molecule has 0 heterocycles. The Morgan fingerprint density at radius 1 is 1.24 bits per heavy atom. The molecular weight excluding hydrogens is 246 g/mol. The topological polar surface area (TPSA) is 89.5 Å². The number of amides is 1. The van der Waals surface area contributed by atoms with Gasteiger partial charge in [-0.25, -0.2) is 17.9 Å². The summed E-state index contributed by atoms with van der Waals surface area (Å²) in [6.45, 7) is 0. The quantitative estimate of drug-likeness (QED) is 0.796. The SMILES string of the molecule is COC(=O)NS(=O)(=O)CC(=O)c1ccccc1. The first-order valence-corrected chi connectivity index (χ1v) is 6.26. The molecule has 0 atom stereocenters. The van der Waals surface area contributed by atoms with Crippen LogP contribution in [0.25, 0.3) is 0 Å². The van der Waals surface area contributed by atoms with Crippen molar-refractivity contribution >= 4 is 21.9 Å². The van der Waals surface area contributed by atoms with Crippen LogP contribution in [0.15, 0.2) is 30.3 Å². The zero-order valence-corrected chi connectivity index (χ0v) is 9.86. The van der Waals surface area contributed by atoms with Crippen LogP contribution in [0, 0.1) is 0 Å². The van der Waals surface area contributed by atoms with E-state index in [4.69, 9.17) is 0 Å². The lowest BCUT2D eigenvalue weighted by Gasteiger charge is -2.04. The summed E-state index contributed by atoms with van der Waals surface area (Å²) >= 11 is 0. The van der Waals surface area contributed by atoms with Crippen LogP contribution in [0.3, 0.4) is 0 Å². The third-order valence-corrected chi connectivity index (χ3v) is 2.96. The lowest BCUT2D eigenvalue weighted by molar-refractivity contribution is 0.102. The standard InChI is InChI=1S/C10H11NO5S/c1-16-10(13)11-17(14,15)7-9(12)8-5-3-2-4-6-8/h2-6H,7H2,1H3,(H,11,13). The third-order valence-electron chi connectivity index (χ3n) is 1.84. The molecule has 17 heavy (non-hydrogen) atoms. The van der Waals surface area contributed by atoms with Gasteiger partial charge >= 0.3 is 6.09 Å². The number of nitrogens with one attached hydrogen (secondary N) is 1. The first-order valence-electron chi connectivity index (χ1n) is 4.61. The molecule has 0 bridgehead atoms. The van der Waals surface area contributed by atoms with Gasteiger partial charge in [0.15, 0.2) is 5.78 Å². The molecule has 6 nitrogen and oxygen atoms in total. The maximum Gasteiger partial charge on any atom is 0.420 e. The number of rotatable bonds is 4. The third kappa shape index (κ3) is 4.23. The average Bonchev–Trinajstić information content (AvgIpc) is 2.28. The second kappa shape index (κ2) is 5.44. The lowest BCUT2D eigenvalue weighted by atomic mass is 10.2. The Bertz CT molecular complexity index is 509. The fourth-order valence-electron chi connectivity index (χ4n) is 1.08. The van der Waals surface area contributed by atoms with Crippen molar-refractivity contribution in [2.45, 2.75) is 0 Å². The molecule has 1 rings (SSSR count). The molecule has 0 aliphatic heterocycles. The Labute approximate surface area is 98.6 Å². The highest BCUT2D eigenvalue weighted by atomic mass is 32.2. The van der Waals surface area contributed by atoms with Gasteiger partial charge in [-0.1, -0.05) is 30.3 Å². The van der Waals surface area contributed by atoms with Crippen molar-refractivity contribution in [2.75, 3.05) is 12.9 Å². The molecule has 7 heteroatoms. The van der Waals surface area contributed by atoms with Crippen molar-refractivity contribution in [3.8, 4) is 0 Å². The molecule has 1 aromatic carbocycles. The van der Waals surface area contributed by atoms with Crippen molar-refractivity contribution in [3.05, 3.63) is 35.9 Å². The van der Waals surface area contributed by atoms with Crippen LogP contribution in [0.5, 0.6) is 0 Å². The number of sulfonamides is 1. The normalized spacial score (nSPS) is 10.6. The van der Waals surface area contributed by atoms with E-state index in [2.05, 4.69) is 4.74 Å². The van der Waals surface area contributed by atoms with E-state index in [1.54, 1.807) is 22.9 Å². The maximum atomic E-state index is 11.6. The Balaban J connectivity index is 2.72. The molecule has 0 saturated heterocycles. The summed E-state index contributed by atoms with van der Waals surface area (Å²) in [5, 5.41) is 0. The summed E-state index contributed by atoms with van der Waals surface area (Å²) in [7, 11) is -2.98. The lowest BCUT2D eigenvalue weighted by Crippen LogP contribution is -2.34. The van der Waals surface area contributed by atoms with Gasteiger partial charge in [0.05, 0.1) is 7.11 Å². The average molecular weight is 257 g/mol. The molecule has 1 aromatic rings. The van der Waals surface area contributed by atoms with Crippen LogP contribution in [-0.4, -0.2) is 33.2 Å². The number of methoxy groups -OCH3 is 1. The van der Waals surface area contributed by atoms with Gasteiger partial charge in [0, 0.05) is 5.56 Å². The number of carbonyl (C=O) groups excluding carboxylic acids is 2. The van der Waals surface area contributed by atoms with E-state index in [9.17, 15) is 18.0 Å². The first-order chi connectivity index (χ1) is 7.94. The van der Waals surface area contributed by atoms with Gasteiger partial charge in [-0.15, -0.1) is 0 Å². The van der Waals surface area contributed by atoms with Crippen molar-refractivity contribution < 1.29 is 22.7 Å². The molecule has 0 aliphatic carbocycles. The minimum absolute atomic E-state index is 0.266. The summed E-state index contributed by atoms with van der Waals surface area (Å²) in [5.41, 5.74) is 0.266. The van der Waals surface area contributed by atoms with Gasteiger partial charge in [-0.3, -0.25) is 4.79 Å². The van der Waals surface area contributed by atoms with E-state index in [0.29, 0.717) is 0 Å². The smallest absolute Gasteiger partial charge is 0.420 e. The minimum atomic E-state index is -4.01. The van der Waals surface area contributed by atoms with Crippen molar-refractivity contribution in [1.82, 2.24) is 4.72 Å². The van der Waals surface area contributed by atoms with Crippen molar-refractivity contribution in [1.29, 1.82) is 0 Å². The largest absolute Gasteiger partial charge is 0.452 e. The monoisotopic (exact) mass is 257 g/mol. The van der Waals surface area contributed by atoms with Gasteiger partial charge in [0.1, 0.15) is 5.75 Å². The molecule has 0 fully saturated rings. The van der Waals surface area contributed by atoms with Crippen LogP contribution in [0.1, 0.15) is 10.4 Å². The van der Waals surface area contributed by atoms with Crippen LogP contribution in [0.2, 0.25) is 0 Å². The van der Waals surface area contributed by atoms with E-state index < -0.39 is 27.7 Å². The first kappa shape index (κ1) is 13.2. The molecule has 0 spiro atoms. The van der Waals surface area contributed by atoms with Gasteiger partial charge in [-0.05, 0) is 0 Å². The summed E-state index contributed by atoms with van der Waals surface area (Å²) in [6.07, 6.45) is -1.12. The van der Waals surface area contributed by atoms with E-state index in [0.717, 1.165) is 7.11 Å². The van der Waals surface area contributed by atoms with E-state index in [1.165, 1.54) is 12.1 Å². The minimum Gasteiger partial charge on any atom is -0.452 e. The Kier molecular flexibility index (Phi) is 4.22. The Morgan fingerprint density at radius 2 is 1.82 bits per heavy atom. The maximum absolute atomic E-state index is 11.6. The Morgan fingerprint density at radius 3 is 2.35 bits per heavy atom. The van der Waals surface area contributed by atoms with Crippen LogP contribution >= 0.6 is 0 Å². The van der Waals surface area contributed by atoms with Gasteiger partial charge < -0.3 is 4.74 Å². The number of hydrogen-bond acceptors (Lipinski definition) is 5. The molecule has 0 unspecified atom stereocenters. The summed E-state index contributed by atoms with van der Waals surface area (Å²) in [6, 6.07) is 7.94. The molecule has 0 aromatic heterocycles. The fraction of sp³-hybridized carbons (Fsp3) is 0.200. The highest BCUT2D eigenvalue weighted by molar-refractivity contribution is 7.90. The molecular formula is C10H11NO5S. The van der Waals surface area contributed by atoms with Crippen LogP contribution in [-0.2, 0) is 14.8 Å². The number of Topliss-reactive ketones (excluding diaryl/α,β-unsaturated/α-hetero) is 1. The van der Waals surface area contributed by atoms with Crippen LogP contribution in [0.4, 0.5) is 4.79 Å². The molecule has 92 valence electrons. The zero-order valence-electron chi connectivity index (χ0n) is 9.04. The predicted octanol–water partition coefficient (Wildman–Crippen LogP) is 0.555. The molecule has 0 aliphatic rings. The predicted molar refractivity (Wildman–Crippen MR) is 60.1 cm³/mol. The fourth-order valence-corrected chi connectivity index (χ4v) is 2.01. The highest BCUT2D eigenvalue weighted by Crippen LogP contribution is 2.02. The molecule has 0 radical (unpaired) electrons. The molecule has 1 N–H and O–H groups in total. The van der Waals surface area contributed by atoms with E-state index in [1.807, 2.05) is 0 Å². The van der Waals surface area contributed by atoms with Gasteiger partial charge in [-0.2, -0.15) is 0 Å². The van der Waals surface area contributed by atoms with Crippen molar-refractivity contribution in [2.24, 2.45) is 0 Å². The second-order valence-corrected chi connectivity index (χ2v) is 4.86. The molecule has 0 saturated carbocycles. The van der Waals surface area contributed by atoms with Gasteiger partial charge in [0.25, 0.3) is 0 Å². The summed E-state index contributed by atoms with van der Waals surface area (Å²) in [4.78, 5) is 22.3. The number of carbonyl (C=O) groups is 2. The van der Waals surface area contributed by atoms with E-state index >= 15 is 0 Å². The second-order valence-electron chi connectivity index (χ2n) is 3.14. The van der Waals surface area contributed by atoms with Crippen LogP contribution < -0.4 is 4.72 Å². The van der Waals surface area contributed by atoms with E-state index in [-0.39, 0.29) is 5.56 Å². The zero-order chi connectivity index (χ0) is 12.9. The summed E-state index contributed by atoms with van der Waals surface area (Å²) < 4.78 is 28.4. The number of ketones is 1. The number of benzene rings is 1. The van der Waals surface area contributed by atoms with Gasteiger partial charge in [0.2, 0.25) is 10.0 Å².